The van der Waals surface area contributed by atoms with Crippen LogP contribution in [0.1, 0.15) is 31.4 Å². The molecule has 2 aromatic heterocycles. The molecule has 7 heteroatoms. The summed E-state index contributed by atoms with van der Waals surface area (Å²) in [6.07, 6.45) is 6.29. The number of hydrogen-bond acceptors (Lipinski definition) is 5. The molecular weight excluding hydrogens is 318 g/mol. The summed E-state index contributed by atoms with van der Waals surface area (Å²) in [4.78, 5) is 17.7. The normalized spacial score (nSPS) is 23.0. The van der Waals surface area contributed by atoms with Crippen LogP contribution >= 0.6 is 0 Å². The van der Waals surface area contributed by atoms with Crippen LogP contribution in [-0.4, -0.2) is 55.9 Å². The Kier molecular flexibility index (Phi) is 4.11. The fourth-order valence-electron chi connectivity index (χ4n) is 3.87. The lowest BCUT2D eigenvalue weighted by atomic mass is 9.85. The monoisotopic (exact) mass is 343 g/mol. The Morgan fingerprint density at radius 3 is 2.88 bits per heavy atom. The second-order valence-corrected chi connectivity index (χ2v) is 7.50. The summed E-state index contributed by atoms with van der Waals surface area (Å²) in [5.74, 6) is -0.0110. The van der Waals surface area contributed by atoms with E-state index >= 15 is 0 Å². The van der Waals surface area contributed by atoms with E-state index in [1.807, 2.05) is 30.9 Å². The average molecular weight is 343 g/mol. The van der Waals surface area contributed by atoms with E-state index in [9.17, 15) is 4.79 Å². The summed E-state index contributed by atoms with van der Waals surface area (Å²) >= 11 is 0. The van der Waals surface area contributed by atoms with Crippen LogP contribution in [0.15, 0.2) is 12.3 Å². The first-order valence-corrected chi connectivity index (χ1v) is 9.02. The number of rotatable bonds is 7. The molecule has 0 radical (unpaired) electrons. The fraction of sp³-hybridized carbons (Fsp3) is 0.611. The lowest BCUT2D eigenvalue weighted by Gasteiger charge is -2.43. The molecule has 0 aliphatic heterocycles. The van der Waals surface area contributed by atoms with Crippen molar-refractivity contribution in [3.63, 3.8) is 0 Å². The van der Waals surface area contributed by atoms with Crippen molar-refractivity contribution in [2.45, 2.75) is 44.7 Å². The lowest BCUT2D eigenvalue weighted by Crippen LogP contribution is -2.52. The molecule has 25 heavy (non-hydrogen) atoms. The maximum Gasteiger partial charge on any atom is 0.317 e. The molecule has 2 aliphatic rings. The lowest BCUT2D eigenvalue weighted by molar-refractivity contribution is -0.139. The van der Waals surface area contributed by atoms with Crippen LogP contribution in [0.25, 0.3) is 11.0 Å². The Bertz CT molecular complexity index is 792. The number of nitrogens with one attached hydrogen (secondary N) is 1. The largest absolute Gasteiger partial charge is 0.480 e. The molecule has 0 bridgehead atoms. The molecule has 2 aliphatic carbocycles. The maximum absolute atomic E-state index is 11.1. The molecule has 0 atom stereocenters. The summed E-state index contributed by atoms with van der Waals surface area (Å²) in [6.45, 7) is 3.10. The molecule has 4 rings (SSSR count). The van der Waals surface area contributed by atoms with Crippen LogP contribution < -0.4 is 5.32 Å². The van der Waals surface area contributed by atoms with Gasteiger partial charge in [-0.25, -0.2) is 4.98 Å². The Labute approximate surface area is 147 Å². The highest BCUT2D eigenvalue weighted by atomic mass is 16.4. The fourth-order valence-corrected chi connectivity index (χ4v) is 3.87. The van der Waals surface area contributed by atoms with Crippen LogP contribution in [-0.2, 0) is 11.8 Å². The predicted octanol–water partition coefficient (Wildman–Crippen LogP) is 2.02. The molecule has 7 nitrogen and oxygen atoms in total. The van der Waals surface area contributed by atoms with Gasteiger partial charge in [-0.15, -0.1) is 0 Å². The first kappa shape index (κ1) is 16.3. The number of carboxylic acid groups (broad SMARTS) is 1. The molecular formula is C18H25N5O2. The van der Waals surface area contributed by atoms with Gasteiger partial charge in [-0.3, -0.25) is 14.4 Å². The van der Waals surface area contributed by atoms with E-state index in [0.717, 1.165) is 41.8 Å². The smallest absolute Gasteiger partial charge is 0.317 e. The van der Waals surface area contributed by atoms with Crippen LogP contribution in [0.5, 0.6) is 0 Å². The maximum atomic E-state index is 11.1. The van der Waals surface area contributed by atoms with Gasteiger partial charge in [0.2, 0.25) is 0 Å². The molecule has 0 aromatic carbocycles. The zero-order valence-corrected chi connectivity index (χ0v) is 14.8. The van der Waals surface area contributed by atoms with Crippen molar-refractivity contribution in [3.8, 4) is 0 Å². The third-order valence-electron chi connectivity index (χ3n) is 5.42. The van der Waals surface area contributed by atoms with Gasteiger partial charge in [-0.2, -0.15) is 5.10 Å². The van der Waals surface area contributed by atoms with Gasteiger partial charge in [0.05, 0.1) is 17.6 Å². The molecule has 0 spiro atoms. The number of pyridine rings is 1. The van der Waals surface area contributed by atoms with E-state index in [1.54, 1.807) is 0 Å². The minimum Gasteiger partial charge on any atom is -0.480 e. The summed E-state index contributed by atoms with van der Waals surface area (Å²) < 4.78 is 1.81. The second-order valence-electron chi connectivity index (χ2n) is 7.50. The summed E-state index contributed by atoms with van der Waals surface area (Å²) in [5, 5.41) is 18.3. The molecule has 0 saturated heterocycles. The molecule has 0 amide bonds. The summed E-state index contributed by atoms with van der Waals surface area (Å²) in [6, 6.07) is 2.76. The van der Waals surface area contributed by atoms with Crippen molar-refractivity contribution in [3.05, 3.63) is 18.0 Å². The van der Waals surface area contributed by atoms with E-state index in [0.29, 0.717) is 18.0 Å². The summed E-state index contributed by atoms with van der Waals surface area (Å²) in [5.41, 5.74) is 2.94. The highest BCUT2D eigenvalue weighted by Gasteiger charge is 2.37. The van der Waals surface area contributed by atoms with E-state index in [1.165, 1.54) is 12.8 Å². The van der Waals surface area contributed by atoms with Crippen LogP contribution in [0, 0.1) is 12.8 Å². The Morgan fingerprint density at radius 1 is 1.44 bits per heavy atom. The van der Waals surface area contributed by atoms with E-state index in [-0.39, 0.29) is 6.54 Å². The van der Waals surface area contributed by atoms with Gasteiger partial charge < -0.3 is 10.4 Å². The second kappa shape index (κ2) is 6.29. The number of carbonyl (C=O) groups is 1. The minimum atomic E-state index is -0.723. The number of carboxylic acids is 1. The third-order valence-corrected chi connectivity index (χ3v) is 5.42. The number of nitrogens with zero attached hydrogens (tertiary/aromatic N) is 4. The molecule has 2 saturated carbocycles. The SMILES string of the molecule is Cc1nn(C)c2nccc(NC3CC(N(CC(=O)O)CC4CC4)C3)c12. The van der Waals surface area contributed by atoms with Gasteiger partial charge in [0.15, 0.2) is 5.65 Å². The van der Waals surface area contributed by atoms with E-state index in [4.69, 9.17) is 5.11 Å². The standard InChI is InChI=1S/C18H25N5O2/c1-11-17-15(5-6-19-18(17)22(2)21-11)20-13-7-14(8-13)23(10-16(24)25)9-12-3-4-12/h5-6,12-14H,3-4,7-10H2,1-2H3,(H,19,20)(H,24,25). The average Bonchev–Trinajstić information content (AvgIpc) is 3.27. The highest BCUT2D eigenvalue weighted by Crippen LogP contribution is 2.35. The van der Waals surface area contributed by atoms with Gasteiger partial charge in [-0.1, -0.05) is 0 Å². The molecule has 2 N–H and O–H groups in total. The van der Waals surface area contributed by atoms with Crippen LogP contribution in [0.2, 0.25) is 0 Å². The zero-order chi connectivity index (χ0) is 17.6. The molecule has 2 heterocycles. The predicted molar refractivity (Wildman–Crippen MR) is 95.6 cm³/mol. The number of aromatic nitrogens is 3. The summed E-state index contributed by atoms with van der Waals surface area (Å²) in [7, 11) is 1.91. The van der Waals surface area contributed by atoms with Crippen molar-refractivity contribution in [2.75, 3.05) is 18.4 Å². The molecule has 134 valence electrons. The van der Waals surface area contributed by atoms with Gasteiger partial charge in [0.1, 0.15) is 0 Å². The van der Waals surface area contributed by atoms with E-state index in [2.05, 4.69) is 20.3 Å². The quantitative estimate of drug-likeness (QED) is 0.800. The van der Waals surface area contributed by atoms with Crippen molar-refractivity contribution in [2.24, 2.45) is 13.0 Å². The van der Waals surface area contributed by atoms with Gasteiger partial charge in [0.25, 0.3) is 0 Å². The number of aliphatic carboxylic acids is 1. The third kappa shape index (κ3) is 3.33. The van der Waals surface area contributed by atoms with Gasteiger partial charge >= 0.3 is 5.97 Å². The Balaban J connectivity index is 1.41. The van der Waals surface area contributed by atoms with Gasteiger partial charge in [0, 0.05) is 37.6 Å². The highest BCUT2D eigenvalue weighted by molar-refractivity contribution is 5.91. The van der Waals surface area contributed by atoms with Crippen molar-refractivity contribution < 1.29 is 9.90 Å². The number of hydrogen-bond donors (Lipinski definition) is 2. The molecule has 2 fully saturated rings. The number of fused-ring (bicyclic) bond motifs is 1. The van der Waals surface area contributed by atoms with Gasteiger partial charge in [-0.05, 0) is 44.6 Å². The van der Waals surface area contributed by atoms with Crippen molar-refractivity contribution in [1.82, 2.24) is 19.7 Å². The number of aryl methyl sites for hydroxylation is 2. The Hall–Kier alpha value is -2.15. The van der Waals surface area contributed by atoms with Crippen molar-refractivity contribution >= 4 is 22.7 Å². The topological polar surface area (TPSA) is 83.3 Å². The van der Waals surface area contributed by atoms with Crippen LogP contribution in [0.4, 0.5) is 5.69 Å². The zero-order valence-electron chi connectivity index (χ0n) is 14.8. The number of anilines is 1. The first-order valence-electron chi connectivity index (χ1n) is 9.02. The van der Waals surface area contributed by atoms with Crippen LogP contribution in [0.3, 0.4) is 0 Å². The minimum absolute atomic E-state index is 0.162. The first-order chi connectivity index (χ1) is 12.0. The Morgan fingerprint density at radius 2 is 2.20 bits per heavy atom. The van der Waals surface area contributed by atoms with E-state index < -0.39 is 5.97 Å². The van der Waals surface area contributed by atoms with Crippen molar-refractivity contribution in [1.29, 1.82) is 0 Å². The molecule has 0 unspecified atom stereocenters. The molecule has 2 aromatic rings.